The van der Waals surface area contributed by atoms with Crippen LogP contribution in [0.5, 0.6) is 5.75 Å². The summed E-state index contributed by atoms with van der Waals surface area (Å²) in [6.45, 7) is 2.56. The number of phenolic OH excluding ortho intramolecular Hbond substituents is 1. The SMILES string of the molecule is Cc1cc(O)c2c(c1)/C=C/CC(=O)C(=O)C(=O)/C=C\C(C(F)(F)F)C(C)OC2=O. The van der Waals surface area contributed by atoms with Crippen LogP contribution >= 0.6 is 0 Å². The van der Waals surface area contributed by atoms with Crippen LogP contribution in [0.25, 0.3) is 6.08 Å². The number of rotatable bonds is 0. The van der Waals surface area contributed by atoms with Crippen molar-refractivity contribution in [1.29, 1.82) is 0 Å². The van der Waals surface area contributed by atoms with Crippen LogP contribution in [0, 0.1) is 12.8 Å². The van der Waals surface area contributed by atoms with E-state index in [2.05, 4.69) is 0 Å². The Morgan fingerprint density at radius 2 is 1.76 bits per heavy atom. The van der Waals surface area contributed by atoms with Crippen molar-refractivity contribution in [3.63, 3.8) is 0 Å². The Bertz CT molecular complexity index is 927. The first-order valence-electron chi connectivity index (χ1n) is 8.49. The average molecular weight is 410 g/mol. The number of benzene rings is 1. The van der Waals surface area contributed by atoms with E-state index < -0.39 is 53.7 Å². The first-order valence-corrected chi connectivity index (χ1v) is 8.49. The van der Waals surface area contributed by atoms with Crippen LogP contribution in [0.15, 0.2) is 30.4 Å². The second-order valence-corrected chi connectivity index (χ2v) is 6.51. The van der Waals surface area contributed by atoms with Crippen molar-refractivity contribution in [2.45, 2.75) is 32.5 Å². The lowest BCUT2D eigenvalue weighted by atomic mass is 9.98. The molecule has 1 aliphatic heterocycles. The molecule has 1 heterocycles. The number of ether oxygens (including phenoxy) is 1. The molecule has 6 nitrogen and oxygen atoms in total. The highest BCUT2D eigenvalue weighted by Crippen LogP contribution is 2.33. The number of ketones is 3. The van der Waals surface area contributed by atoms with Crippen molar-refractivity contribution in [3.05, 3.63) is 47.1 Å². The van der Waals surface area contributed by atoms with Crippen LogP contribution in [0.3, 0.4) is 0 Å². The molecule has 2 unspecified atom stereocenters. The summed E-state index contributed by atoms with van der Waals surface area (Å²) in [5.41, 5.74) is 0.236. The Balaban J connectivity index is 2.60. The third kappa shape index (κ3) is 5.18. The molecule has 1 aromatic rings. The van der Waals surface area contributed by atoms with E-state index in [1.54, 1.807) is 6.92 Å². The minimum Gasteiger partial charge on any atom is -0.507 e. The van der Waals surface area contributed by atoms with Crippen molar-refractivity contribution >= 4 is 29.4 Å². The average Bonchev–Trinajstić information content (AvgIpc) is 2.58. The molecule has 154 valence electrons. The van der Waals surface area contributed by atoms with Gasteiger partial charge in [-0.15, -0.1) is 0 Å². The predicted molar refractivity (Wildman–Crippen MR) is 95.1 cm³/mol. The lowest BCUT2D eigenvalue weighted by Gasteiger charge is -2.24. The number of hydrogen-bond acceptors (Lipinski definition) is 6. The first kappa shape index (κ1) is 22.1. The van der Waals surface area contributed by atoms with Gasteiger partial charge in [-0.2, -0.15) is 13.2 Å². The predicted octanol–water partition coefficient (Wildman–Crippen LogP) is 3.10. The van der Waals surface area contributed by atoms with Gasteiger partial charge >= 0.3 is 12.1 Å². The molecule has 0 saturated carbocycles. The van der Waals surface area contributed by atoms with Crippen molar-refractivity contribution < 1.29 is 42.2 Å². The van der Waals surface area contributed by atoms with E-state index in [4.69, 9.17) is 4.74 Å². The molecule has 0 saturated heterocycles. The number of aromatic hydroxyl groups is 1. The summed E-state index contributed by atoms with van der Waals surface area (Å²) in [5.74, 6) is -8.10. The lowest BCUT2D eigenvalue weighted by molar-refractivity contribution is -0.182. The molecule has 9 heteroatoms. The first-order chi connectivity index (χ1) is 13.4. The standard InChI is InChI=1S/C20H17F3O6/c1-10-8-12-4-3-5-14(24)18(27)15(25)7-6-13(20(21,22)23)11(2)29-19(28)17(12)16(26)9-10/h3-4,6-9,11,13,26H,5H2,1-2H3/b4-3+,7-6-. The highest BCUT2D eigenvalue weighted by atomic mass is 19.4. The number of carbonyl (C=O) groups excluding carboxylic acids is 4. The number of Topliss-reactive ketones (excluding diaryl/α,β-unsaturated/α-hetero) is 2. The third-order valence-corrected chi connectivity index (χ3v) is 4.21. The molecule has 0 aromatic heterocycles. The third-order valence-electron chi connectivity index (χ3n) is 4.21. The fourth-order valence-electron chi connectivity index (χ4n) is 2.77. The molecule has 0 radical (unpaired) electrons. The second kappa shape index (κ2) is 8.42. The Labute approximate surface area is 163 Å². The Kier molecular flexibility index (Phi) is 6.41. The van der Waals surface area contributed by atoms with E-state index in [9.17, 15) is 37.5 Å². The zero-order valence-corrected chi connectivity index (χ0v) is 15.4. The Morgan fingerprint density at radius 3 is 2.38 bits per heavy atom. The maximum Gasteiger partial charge on any atom is 0.398 e. The van der Waals surface area contributed by atoms with Gasteiger partial charge in [0.1, 0.15) is 23.3 Å². The molecule has 0 spiro atoms. The summed E-state index contributed by atoms with van der Waals surface area (Å²) in [7, 11) is 0. The summed E-state index contributed by atoms with van der Waals surface area (Å²) in [4.78, 5) is 47.8. The highest BCUT2D eigenvalue weighted by Gasteiger charge is 2.43. The smallest absolute Gasteiger partial charge is 0.398 e. The quantitative estimate of drug-likeness (QED) is 0.521. The van der Waals surface area contributed by atoms with Crippen LogP contribution < -0.4 is 0 Å². The Morgan fingerprint density at radius 1 is 1.10 bits per heavy atom. The van der Waals surface area contributed by atoms with Gasteiger partial charge in [-0.1, -0.05) is 24.3 Å². The van der Waals surface area contributed by atoms with E-state index in [1.807, 2.05) is 0 Å². The molecule has 2 atom stereocenters. The number of allylic oxidation sites excluding steroid dienone is 2. The van der Waals surface area contributed by atoms with Gasteiger partial charge in [0, 0.05) is 6.42 Å². The van der Waals surface area contributed by atoms with Crippen LogP contribution in [-0.2, 0) is 19.1 Å². The molecule has 1 aliphatic rings. The second-order valence-electron chi connectivity index (χ2n) is 6.51. The van der Waals surface area contributed by atoms with Crippen LogP contribution in [0.1, 0.15) is 34.8 Å². The van der Waals surface area contributed by atoms with Crippen LogP contribution in [-0.4, -0.2) is 40.7 Å². The van der Waals surface area contributed by atoms with Gasteiger partial charge in [-0.05, 0) is 37.1 Å². The summed E-state index contributed by atoms with van der Waals surface area (Å²) in [6, 6.07) is 2.68. The van der Waals surface area contributed by atoms with Crippen molar-refractivity contribution in [2.75, 3.05) is 0 Å². The molecule has 0 bridgehead atoms. The minimum absolute atomic E-state index is 0.0856. The number of fused-ring (bicyclic) bond motifs is 1. The normalized spacial score (nSPS) is 23.8. The number of halogens is 3. The van der Waals surface area contributed by atoms with E-state index in [0.717, 1.165) is 6.92 Å². The van der Waals surface area contributed by atoms with Gasteiger partial charge < -0.3 is 9.84 Å². The van der Waals surface area contributed by atoms with E-state index in [-0.39, 0.29) is 11.1 Å². The number of phenols is 1. The van der Waals surface area contributed by atoms with Gasteiger partial charge in [0.05, 0.1) is 0 Å². The number of cyclic esters (lactones) is 1. The van der Waals surface area contributed by atoms with Crippen molar-refractivity contribution in [2.24, 2.45) is 5.92 Å². The zero-order valence-electron chi connectivity index (χ0n) is 15.4. The zero-order chi connectivity index (χ0) is 21.9. The summed E-state index contributed by atoms with van der Waals surface area (Å²) in [5, 5.41) is 10.1. The number of alkyl halides is 3. The molecule has 0 amide bonds. The Hall–Kier alpha value is -3.23. The van der Waals surface area contributed by atoms with Crippen molar-refractivity contribution in [1.82, 2.24) is 0 Å². The van der Waals surface area contributed by atoms with E-state index in [1.165, 1.54) is 24.3 Å². The fourth-order valence-corrected chi connectivity index (χ4v) is 2.77. The lowest BCUT2D eigenvalue weighted by Crippen LogP contribution is -2.34. The van der Waals surface area contributed by atoms with Gasteiger partial charge in [-0.3, -0.25) is 14.4 Å². The maximum absolute atomic E-state index is 13.4. The number of hydrogen-bond donors (Lipinski definition) is 1. The highest BCUT2D eigenvalue weighted by molar-refractivity contribution is 6.66. The summed E-state index contributed by atoms with van der Waals surface area (Å²) in [6.07, 6.45) is -4.02. The molecular weight excluding hydrogens is 393 g/mol. The van der Waals surface area contributed by atoms with Crippen LogP contribution in [0.2, 0.25) is 0 Å². The van der Waals surface area contributed by atoms with Gasteiger partial charge in [0.25, 0.3) is 5.78 Å². The molecule has 0 aliphatic carbocycles. The van der Waals surface area contributed by atoms with Gasteiger partial charge in [-0.25, -0.2) is 4.79 Å². The van der Waals surface area contributed by atoms with Crippen LogP contribution in [0.4, 0.5) is 13.2 Å². The topological polar surface area (TPSA) is 97.7 Å². The summed E-state index contributed by atoms with van der Waals surface area (Å²) >= 11 is 0. The molecule has 2 rings (SSSR count). The number of esters is 1. The molecular formula is C20H17F3O6. The van der Waals surface area contributed by atoms with E-state index >= 15 is 0 Å². The van der Waals surface area contributed by atoms with Crippen molar-refractivity contribution in [3.8, 4) is 5.75 Å². The number of aryl methyl sites for hydroxylation is 1. The van der Waals surface area contributed by atoms with Gasteiger partial charge in [0.2, 0.25) is 11.6 Å². The molecule has 0 fully saturated rings. The minimum atomic E-state index is -4.90. The number of carbonyl (C=O) groups is 4. The monoisotopic (exact) mass is 410 g/mol. The molecule has 1 aromatic carbocycles. The fraction of sp³-hybridized carbons (Fsp3) is 0.300. The molecule has 1 N–H and O–H groups in total. The van der Waals surface area contributed by atoms with E-state index in [0.29, 0.717) is 17.7 Å². The largest absolute Gasteiger partial charge is 0.507 e. The summed E-state index contributed by atoms with van der Waals surface area (Å²) < 4.78 is 45.0. The van der Waals surface area contributed by atoms with Gasteiger partial charge in [0.15, 0.2) is 0 Å². The maximum atomic E-state index is 13.4. The molecule has 29 heavy (non-hydrogen) atoms.